The fourth-order valence-electron chi connectivity index (χ4n) is 2.91. The van der Waals surface area contributed by atoms with Crippen LogP contribution in [0.1, 0.15) is 11.1 Å². The molecule has 0 bridgehead atoms. The van der Waals surface area contributed by atoms with Crippen LogP contribution in [0.3, 0.4) is 0 Å². The fraction of sp³-hybridized carbons (Fsp3) is 0.136. The number of hydrogen-bond acceptors (Lipinski definition) is 4. The molecule has 1 amide bonds. The third kappa shape index (κ3) is 5.61. The summed E-state index contributed by atoms with van der Waals surface area (Å²) in [5, 5.41) is 2.75. The summed E-state index contributed by atoms with van der Waals surface area (Å²) in [5.41, 5.74) is 2.72. The summed E-state index contributed by atoms with van der Waals surface area (Å²) in [6.45, 7) is 1.96. The number of hydrogen-bond donors (Lipinski definition) is 2. The van der Waals surface area contributed by atoms with Crippen molar-refractivity contribution >= 4 is 43.2 Å². The zero-order valence-corrected chi connectivity index (χ0v) is 18.9. The zero-order chi connectivity index (χ0) is 21.7. The molecule has 8 heteroatoms. The Bertz CT molecular complexity index is 1160. The maximum absolute atomic E-state index is 12.9. The number of nitrogens with one attached hydrogen (secondary N) is 2. The summed E-state index contributed by atoms with van der Waals surface area (Å²) < 4.78 is 34.4. The van der Waals surface area contributed by atoms with Crippen molar-refractivity contribution in [1.29, 1.82) is 0 Å². The molecule has 2 N–H and O–H groups in total. The number of rotatable bonds is 7. The van der Waals surface area contributed by atoms with Crippen molar-refractivity contribution in [1.82, 2.24) is 0 Å². The van der Waals surface area contributed by atoms with Gasteiger partial charge in [0.15, 0.2) is 0 Å². The molecular weight excluding hydrogens is 468 g/mol. The van der Waals surface area contributed by atoms with Crippen molar-refractivity contribution in [3.05, 3.63) is 82.3 Å². The van der Waals surface area contributed by atoms with Gasteiger partial charge in [-0.15, -0.1) is 0 Å². The lowest BCUT2D eigenvalue weighted by Gasteiger charge is -2.14. The molecule has 0 aromatic heterocycles. The van der Waals surface area contributed by atoms with Gasteiger partial charge in [-0.05, 0) is 55.0 Å². The Morgan fingerprint density at radius 2 is 1.70 bits per heavy atom. The second kappa shape index (κ2) is 9.32. The van der Waals surface area contributed by atoms with Crippen molar-refractivity contribution < 1.29 is 17.9 Å². The fourth-order valence-corrected chi connectivity index (χ4v) is 4.42. The molecule has 0 fully saturated rings. The predicted octanol–water partition coefficient (Wildman–Crippen LogP) is 4.75. The van der Waals surface area contributed by atoms with Gasteiger partial charge < -0.3 is 10.1 Å². The number of carbonyl (C=O) groups is 1. The minimum absolute atomic E-state index is 0.0683. The molecule has 3 aromatic carbocycles. The summed E-state index contributed by atoms with van der Waals surface area (Å²) in [6.07, 6.45) is 0.187. The van der Waals surface area contributed by atoms with E-state index in [0.29, 0.717) is 11.4 Å². The van der Waals surface area contributed by atoms with E-state index in [-0.39, 0.29) is 23.0 Å². The van der Waals surface area contributed by atoms with Crippen molar-refractivity contribution in [2.45, 2.75) is 18.2 Å². The number of anilines is 2. The van der Waals surface area contributed by atoms with Gasteiger partial charge in [-0.25, -0.2) is 8.42 Å². The molecule has 3 aromatic rings. The van der Waals surface area contributed by atoms with Gasteiger partial charge in [-0.2, -0.15) is 0 Å². The number of aryl methyl sites for hydroxylation is 1. The van der Waals surface area contributed by atoms with Gasteiger partial charge in [0.25, 0.3) is 10.0 Å². The van der Waals surface area contributed by atoms with Gasteiger partial charge >= 0.3 is 0 Å². The van der Waals surface area contributed by atoms with Crippen molar-refractivity contribution in [2.24, 2.45) is 0 Å². The number of amides is 1. The number of methoxy groups -OCH3 is 1. The molecule has 0 radical (unpaired) electrons. The molecule has 0 aliphatic heterocycles. The monoisotopic (exact) mass is 488 g/mol. The zero-order valence-electron chi connectivity index (χ0n) is 16.5. The summed E-state index contributed by atoms with van der Waals surface area (Å²) in [4.78, 5) is 12.4. The second-order valence-corrected chi connectivity index (χ2v) is 9.26. The molecule has 0 spiro atoms. The van der Waals surface area contributed by atoms with E-state index in [1.54, 1.807) is 30.3 Å². The highest BCUT2D eigenvalue weighted by Crippen LogP contribution is 2.29. The quantitative estimate of drug-likeness (QED) is 0.502. The molecule has 6 nitrogen and oxygen atoms in total. The molecule has 0 saturated heterocycles. The van der Waals surface area contributed by atoms with Gasteiger partial charge in [0, 0.05) is 15.8 Å². The lowest BCUT2D eigenvalue weighted by Crippen LogP contribution is -2.17. The van der Waals surface area contributed by atoms with Crippen molar-refractivity contribution in [2.75, 3.05) is 17.1 Å². The standard InChI is InChI=1S/C22H21BrN2O4S/c1-15-4-3-5-16(12-15)13-22(26)24-19-10-11-20(29-2)21(14-19)30(27,28)25-18-8-6-17(23)7-9-18/h3-12,14,25H,13H2,1-2H3,(H,24,26). The molecule has 0 saturated carbocycles. The molecule has 30 heavy (non-hydrogen) atoms. The lowest BCUT2D eigenvalue weighted by molar-refractivity contribution is -0.115. The predicted molar refractivity (Wildman–Crippen MR) is 121 cm³/mol. The Hall–Kier alpha value is -2.84. The Kier molecular flexibility index (Phi) is 6.79. The van der Waals surface area contributed by atoms with Crippen molar-refractivity contribution in [3.63, 3.8) is 0 Å². The Balaban J connectivity index is 1.82. The first-order valence-corrected chi connectivity index (χ1v) is 11.4. The smallest absolute Gasteiger partial charge is 0.265 e. The Labute approximate surface area is 184 Å². The molecule has 0 aliphatic carbocycles. The van der Waals surface area contributed by atoms with E-state index in [0.717, 1.165) is 15.6 Å². The van der Waals surface area contributed by atoms with E-state index in [1.807, 2.05) is 31.2 Å². The van der Waals surface area contributed by atoms with E-state index in [2.05, 4.69) is 26.0 Å². The number of benzene rings is 3. The third-order valence-electron chi connectivity index (χ3n) is 4.28. The second-order valence-electron chi connectivity index (χ2n) is 6.69. The van der Waals surface area contributed by atoms with E-state index >= 15 is 0 Å². The first kappa shape index (κ1) is 21.9. The number of carbonyl (C=O) groups excluding carboxylic acids is 1. The van der Waals surface area contributed by atoms with Crippen LogP contribution in [0.25, 0.3) is 0 Å². The average Bonchev–Trinajstić information content (AvgIpc) is 2.69. The van der Waals surface area contributed by atoms with Gasteiger partial charge in [-0.3, -0.25) is 9.52 Å². The highest BCUT2D eigenvalue weighted by molar-refractivity contribution is 9.10. The lowest BCUT2D eigenvalue weighted by atomic mass is 10.1. The minimum Gasteiger partial charge on any atom is -0.495 e. The molecule has 0 atom stereocenters. The highest BCUT2D eigenvalue weighted by Gasteiger charge is 2.21. The van der Waals surface area contributed by atoms with Gasteiger partial charge in [-0.1, -0.05) is 45.8 Å². The van der Waals surface area contributed by atoms with E-state index in [4.69, 9.17) is 4.74 Å². The first-order valence-electron chi connectivity index (χ1n) is 9.08. The average molecular weight is 489 g/mol. The van der Waals surface area contributed by atoms with Gasteiger partial charge in [0.1, 0.15) is 10.6 Å². The Morgan fingerprint density at radius 3 is 2.37 bits per heavy atom. The maximum atomic E-state index is 12.9. The SMILES string of the molecule is COc1ccc(NC(=O)Cc2cccc(C)c2)cc1S(=O)(=O)Nc1ccc(Br)cc1. The van der Waals surface area contributed by atoms with Crippen LogP contribution < -0.4 is 14.8 Å². The van der Waals surface area contributed by atoms with Crippen LogP contribution in [-0.4, -0.2) is 21.4 Å². The van der Waals surface area contributed by atoms with E-state index in [1.165, 1.54) is 19.2 Å². The number of halogens is 1. The molecule has 156 valence electrons. The van der Waals surface area contributed by atoms with Crippen LogP contribution >= 0.6 is 15.9 Å². The number of ether oxygens (including phenoxy) is 1. The maximum Gasteiger partial charge on any atom is 0.265 e. The van der Waals surface area contributed by atoms with Crippen LogP contribution in [0, 0.1) is 6.92 Å². The molecule has 0 aliphatic rings. The summed E-state index contributed by atoms with van der Waals surface area (Å²) in [7, 11) is -2.54. The van der Waals surface area contributed by atoms with Crippen LogP contribution in [0.15, 0.2) is 76.1 Å². The molecule has 0 unspecified atom stereocenters. The van der Waals surface area contributed by atoms with Crippen LogP contribution in [0.5, 0.6) is 5.75 Å². The van der Waals surface area contributed by atoms with Crippen LogP contribution in [0.2, 0.25) is 0 Å². The third-order valence-corrected chi connectivity index (χ3v) is 6.21. The van der Waals surface area contributed by atoms with Crippen LogP contribution in [0.4, 0.5) is 11.4 Å². The molecule has 3 rings (SSSR count). The van der Waals surface area contributed by atoms with E-state index in [9.17, 15) is 13.2 Å². The minimum atomic E-state index is -3.93. The summed E-state index contributed by atoms with van der Waals surface area (Å²) in [5.74, 6) is -0.0636. The topological polar surface area (TPSA) is 84.5 Å². The number of sulfonamides is 1. The summed E-state index contributed by atoms with van der Waals surface area (Å²) >= 11 is 3.32. The molecule has 0 heterocycles. The first-order chi connectivity index (χ1) is 14.3. The largest absolute Gasteiger partial charge is 0.495 e. The normalized spacial score (nSPS) is 11.0. The highest BCUT2D eigenvalue weighted by atomic mass is 79.9. The van der Waals surface area contributed by atoms with Crippen molar-refractivity contribution in [3.8, 4) is 5.75 Å². The van der Waals surface area contributed by atoms with Gasteiger partial charge in [0.05, 0.1) is 13.5 Å². The van der Waals surface area contributed by atoms with Crippen LogP contribution in [-0.2, 0) is 21.2 Å². The van der Waals surface area contributed by atoms with E-state index < -0.39 is 10.0 Å². The summed E-state index contributed by atoms with van der Waals surface area (Å²) in [6, 6.07) is 18.9. The van der Waals surface area contributed by atoms with Gasteiger partial charge in [0.2, 0.25) is 5.91 Å². The Morgan fingerprint density at radius 1 is 1.00 bits per heavy atom. The molecular formula is C22H21BrN2O4S.